The number of halogens is 1. The summed E-state index contributed by atoms with van der Waals surface area (Å²) in [4.78, 5) is 12.8. The second-order valence-corrected chi connectivity index (χ2v) is 8.85. The lowest BCUT2D eigenvalue weighted by atomic mass is 10.0. The normalized spacial score (nSPS) is 14.1. The van der Waals surface area contributed by atoms with E-state index in [1.54, 1.807) is 48.5 Å². The number of amides is 1. The fraction of sp³-hybridized carbons (Fsp3) is 0.0952. The van der Waals surface area contributed by atoms with Crippen LogP contribution in [0.25, 0.3) is 11.1 Å². The molecule has 1 N–H and O–H groups in total. The number of benzene rings is 3. The number of carbonyl (C=O) groups is 1. The van der Waals surface area contributed by atoms with Gasteiger partial charge in [0.25, 0.3) is 10.0 Å². The van der Waals surface area contributed by atoms with E-state index in [0.29, 0.717) is 27.5 Å². The van der Waals surface area contributed by atoms with Crippen LogP contribution in [0.1, 0.15) is 5.56 Å². The first-order chi connectivity index (χ1) is 13.4. The molecule has 0 atom stereocenters. The van der Waals surface area contributed by atoms with Crippen molar-refractivity contribution in [3.8, 4) is 11.1 Å². The Morgan fingerprint density at radius 1 is 1.00 bits per heavy atom. The van der Waals surface area contributed by atoms with Crippen molar-refractivity contribution < 1.29 is 13.2 Å². The van der Waals surface area contributed by atoms with Crippen molar-refractivity contribution in [2.45, 2.75) is 11.8 Å². The minimum absolute atomic E-state index is 0.160. The maximum Gasteiger partial charge on any atom is 0.265 e. The van der Waals surface area contributed by atoms with E-state index in [2.05, 4.69) is 5.32 Å². The second kappa shape index (κ2) is 6.96. The summed E-state index contributed by atoms with van der Waals surface area (Å²) in [6, 6.07) is 19.0. The van der Waals surface area contributed by atoms with Gasteiger partial charge in [0.05, 0.1) is 10.6 Å². The van der Waals surface area contributed by atoms with Gasteiger partial charge >= 0.3 is 0 Å². The highest BCUT2D eigenvalue weighted by Gasteiger charge is 2.35. The van der Waals surface area contributed by atoms with E-state index < -0.39 is 15.9 Å². The van der Waals surface area contributed by atoms with Crippen LogP contribution >= 0.6 is 11.6 Å². The summed E-state index contributed by atoms with van der Waals surface area (Å²) in [5, 5.41) is 3.26. The van der Waals surface area contributed by atoms with Gasteiger partial charge in [0, 0.05) is 21.8 Å². The van der Waals surface area contributed by atoms with Crippen LogP contribution < -0.4 is 9.62 Å². The van der Waals surface area contributed by atoms with Gasteiger partial charge < -0.3 is 5.32 Å². The topological polar surface area (TPSA) is 66.5 Å². The largest absolute Gasteiger partial charge is 0.325 e. The zero-order chi connectivity index (χ0) is 19.9. The molecule has 0 unspecified atom stereocenters. The Labute approximate surface area is 168 Å². The maximum absolute atomic E-state index is 13.2. The molecule has 0 radical (unpaired) electrons. The minimum Gasteiger partial charge on any atom is -0.325 e. The monoisotopic (exact) mass is 412 g/mol. The number of rotatable bonds is 3. The van der Waals surface area contributed by atoms with E-state index in [0.717, 1.165) is 9.87 Å². The average molecular weight is 413 g/mol. The van der Waals surface area contributed by atoms with Crippen LogP contribution in [-0.2, 0) is 14.8 Å². The first-order valence-electron chi connectivity index (χ1n) is 8.64. The minimum atomic E-state index is -3.88. The number of sulfonamides is 1. The van der Waals surface area contributed by atoms with Crippen LogP contribution in [0.3, 0.4) is 0 Å². The van der Waals surface area contributed by atoms with Gasteiger partial charge in [-0.15, -0.1) is 0 Å². The van der Waals surface area contributed by atoms with Gasteiger partial charge in [-0.2, -0.15) is 0 Å². The van der Waals surface area contributed by atoms with Gasteiger partial charge in [-0.05, 0) is 48.9 Å². The summed E-state index contributed by atoms with van der Waals surface area (Å²) in [6.07, 6.45) is 0. The molecule has 1 amide bonds. The highest BCUT2D eigenvalue weighted by molar-refractivity contribution is 7.93. The number of hydrogen-bond acceptors (Lipinski definition) is 3. The van der Waals surface area contributed by atoms with Gasteiger partial charge in [-0.1, -0.05) is 41.9 Å². The Hall–Kier alpha value is -2.83. The molecule has 4 rings (SSSR count). The molecule has 7 heteroatoms. The summed E-state index contributed by atoms with van der Waals surface area (Å²) in [6.45, 7) is 1.58. The molecule has 5 nitrogen and oxygen atoms in total. The van der Waals surface area contributed by atoms with E-state index in [1.807, 2.05) is 25.1 Å². The molecular formula is C21H17ClN2O3S. The van der Waals surface area contributed by atoms with Crippen LogP contribution in [0.4, 0.5) is 11.4 Å². The number of hydrogen-bond donors (Lipinski definition) is 1. The molecule has 3 aromatic rings. The lowest BCUT2D eigenvalue weighted by Gasteiger charge is -2.31. The molecule has 0 saturated heterocycles. The molecule has 3 aromatic carbocycles. The van der Waals surface area contributed by atoms with Crippen molar-refractivity contribution in [2.24, 2.45) is 0 Å². The fourth-order valence-electron chi connectivity index (χ4n) is 3.33. The van der Waals surface area contributed by atoms with Crippen molar-refractivity contribution in [2.75, 3.05) is 16.2 Å². The number of carbonyl (C=O) groups excluding carboxylic acids is 1. The van der Waals surface area contributed by atoms with Crippen LogP contribution in [0.15, 0.2) is 71.6 Å². The van der Waals surface area contributed by atoms with Crippen LogP contribution in [0.5, 0.6) is 0 Å². The number of nitrogens with zero attached hydrogens (tertiary/aromatic N) is 1. The summed E-state index contributed by atoms with van der Waals surface area (Å²) in [7, 11) is -3.88. The van der Waals surface area contributed by atoms with E-state index >= 15 is 0 Å². The van der Waals surface area contributed by atoms with Crippen LogP contribution in [0, 0.1) is 6.92 Å². The Kier molecular flexibility index (Phi) is 4.61. The molecule has 0 aliphatic carbocycles. The Morgan fingerprint density at radius 3 is 2.57 bits per heavy atom. The predicted octanol–water partition coefficient (Wildman–Crippen LogP) is 4.46. The first-order valence-corrected chi connectivity index (χ1v) is 10.5. The molecule has 0 aromatic heterocycles. The van der Waals surface area contributed by atoms with Crippen molar-refractivity contribution in [3.05, 3.63) is 77.3 Å². The van der Waals surface area contributed by atoms with Crippen molar-refractivity contribution in [1.82, 2.24) is 0 Å². The molecule has 142 valence electrons. The quantitative estimate of drug-likeness (QED) is 0.690. The third-order valence-electron chi connectivity index (χ3n) is 4.56. The van der Waals surface area contributed by atoms with Gasteiger partial charge in [-0.3, -0.25) is 9.10 Å². The third-order valence-corrected chi connectivity index (χ3v) is 6.61. The summed E-state index contributed by atoms with van der Waals surface area (Å²) in [5.74, 6) is -0.422. The van der Waals surface area contributed by atoms with Gasteiger partial charge in [0.15, 0.2) is 0 Å². The van der Waals surface area contributed by atoms with Crippen molar-refractivity contribution in [3.63, 3.8) is 0 Å². The third kappa shape index (κ3) is 3.25. The van der Waals surface area contributed by atoms with Crippen LogP contribution in [-0.4, -0.2) is 20.9 Å². The second-order valence-electron chi connectivity index (χ2n) is 6.59. The molecule has 28 heavy (non-hydrogen) atoms. The Bertz CT molecular complexity index is 1190. The highest BCUT2D eigenvalue weighted by atomic mass is 35.5. The molecule has 1 aliphatic rings. The fourth-order valence-corrected chi connectivity index (χ4v) is 5.15. The Morgan fingerprint density at radius 2 is 1.79 bits per heavy atom. The molecule has 0 fully saturated rings. The number of aryl methyl sites for hydroxylation is 1. The van der Waals surface area contributed by atoms with E-state index in [4.69, 9.17) is 11.6 Å². The first kappa shape index (κ1) is 18.5. The lowest BCUT2D eigenvalue weighted by molar-refractivity contribution is -0.114. The highest BCUT2D eigenvalue weighted by Crippen LogP contribution is 2.43. The smallest absolute Gasteiger partial charge is 0.265 e. The molecule has 1 aliphatic heterocycles. The zero-order valence-corrected chi connectivity index (χ0v) is 16.6. The SMILES string of the molecule is Cc1cccc(NC(=O)CN2c3ccc(Cl)cc3-c3ccccc3S2(=O)=O)c1. The van der Waals surface area contributed by atoms with Gasteiger partial charge in [-0.25, -0.2) is 8.42 Å². The summed E-state index contributed by atoms with van der Waals surface area (Å²) >= 11 is 6.14. The summed E-state index contributed by atoms with van der Waals surface area (Å²) in [5.41, 5.74) is 3.31. The number of anilines is 2. The van der Waals surface area contributed by atoms with E-state index in [-0.39, 0.29) is 11.4 Å². The van der Waals surface area contributed by atoms with E-state index in [9.17, 15) is 13.2 Å². The van der Waals surface area contributed by atoms with Gasteiger partial charge in [0.1, 0.15) is 6.54 Å². The molecular weight excluding hydrogens is 396 g/mol. The Balaban J connectivity index is 1.74. The molecule has 0 spiro atoms. The maximum atomic E-state index is 13.2. The molecule has 0 saturated carbocycles. The molecule has 0 bridgehead atoms. The predicted molar refractivity (Wildman–Crippen MR) is 111 cm³/mol. The zero-order valence-electron chi connectivity index (χ0n) is 15.0. The van der Waals surface area contributed by atoms with E-state index in [1.165, 1.54) is 0 Å². The van der Waals surface area contributed by atoms with Crippen molar-refractivity contribution in [1.29, 1.82) is 0 Å². The summed E-state index contributed by atoms with van der Waals surface area (Å²) < 4.78 is 27.5. The lowest BCUT2D eigenvalue weighted by Crippen LogP contribution is -2.40. The molecule has 1 heterocycles. The van der Waals surface area contributed by atoms with Crippen molar-refractivity contribution >= 4 is 38.9 Å². The number of fused-ring (bicyclic) bond motifs is 3. The van der Waals surface area contributed by atoms with Gasteiger partial charge in [0.2, 0.25) is 5.91 Å². The van der Waals surface area contributed by atoms with Crippen LogP contribution in [0.2, 0.25) is 5.02 Å². The standard InChI is InChI=1S/C21H17ClN2O3S/c1-14-5-4-6-16(11-14)23-21(25)13-24-19-10-9-15(22)12-18(19)17-7-2-3-8-20(17)28(24,26)27/h2-12H,13H2,1H3,(H,23,25). The number of nitrogens with one attached hydrogen (secondary N) is 1. The average Bonchev–Trinajstić information content (AvgIpc) is 2.65.